The van der Waals surface area contributed by atoms with E-state index in [0.717, 1.165) is 9.53 Å². The fourth-order valence-electron chi connectivity index (χ4n) is 3.79. The van der Waals surface area contributed by atoms with Crippen LogP contribution < -0.4 is 11.5 Å². The van der Waals surface area contributed by atoms with Crippen LogP contribution in [-0.4, -0.2) is 20.9 Å². The van der Waals surface area contributed by atoms with Gasteiger partial charge in [0, 0.05) is 17.1 Å². The number of anilines is 2. The van der Waals surface area contributed by atoms with E-state index in [4.69, 9.17) is 15.9 Å². The van der Waals surface area contributed by atoms with Crippen molar-refractivity contribution in [1.82, 2.24) is 9.97 Å². The van der Waals surface area contributed by atoms with Gasteiger partial charge in [-0.2, -0.15) is 0 Å². The number of fused-ring (bicyclic) bond motifs is 3. The highest BCUT2D eigenvalue weighted by atomic mass is 32.2. The zero-order chi connectivity index (χ0) is 22.0. The molecule has 0 fully saturated rings. The molecule has 0 spiro atoms. The van der Waals surface area contributed by atoms with Crippen molar-refractivity contribution >= 4 is 71.2 Å². The second-order valence-corrected chi connectivity index (χ2v) is 9.50. The molecule has 0 unspecified atom stereocenters. The van der Waals surface area contributed by atoms with Gasteiger partial charge in [0.25, 0.3) is 0 Å². The van der Waals surface area contributed by atoms with Crippen LogP contribution in [0.4, 0.5) is 11.4 Å². The van der Waals surface area contributed by atoms with Crippen LogP contribution in [0.2, 0.25) is 0 Å². The van der Waals surface area contributed by atoms with E-state index in [0.29, 0.717) is 54.5 Å². The summed E-state index contributed by atoms with van der Waals surface area (Å²) < 4.78 is 6.69. The van der Waals surface area contributed by atoms with Gasteiger partial charge in [-0.3, -0.25) is 9.78 Å². The molecule has 0 radical (unpaired) electrons. The second kappa shape index (κ2) is 6.78. The zero-order valence-corrected chi connectivity index (χ0v) is 18.0. The maximum absolute atomic E-state index is 13.4. The van der Waals surface area contributed by atoms with Crippen LogP contribution in [0.25, 0.3) is 42.2 Å². The molecule has 4 heterocycles. The lowest BCUT2D eigenvalue weighted by Crippen LogP contribution is -2.03. The Bertz CT molecular complexity index is 1660. The molecule has 2 aromatic carbocycles. The molecule has 4 aromatic heterocycles. The number of carbonyl (C=O) groups is 1. The fourth-order valence-corrected chi connectivity index (χ4v) is 6.27. The van der Waals surface area contributed by atoms with Crippen molar-refractivity contribution < 1.29 is 14.3 Å². The Balaban J connectivity index is 1.49. The summed E-state index contributed by atoms with van der Waals surface area (Å²) in [7, 11) is 0. The molecule has 0 amide bonds. The van der Waals surface area contributed by atoms with E-state index in [1.807, 2.05) is 24.3 Å². The number of nitrogen functional groups attached to an aromatic ring is 2. The number of oxazole rings is 1. The van der Waals surface area contributed by atoms with Crippen LogP contribution in [0, 0.1) is 0 Å². The van der Waals surface area contributed by atoms with Crippen molar-refractivity contribution in [2.75, 3.05) is 11.5 Å². The number of hydrogen-bond donors (Lipinski definition) is 3. The number of rotatable bonds is 3. The molecule has 5 N–H and O–H groups in total. The lowest BCUT2D eigenvalue weighted by molar-refractivity contribution is 0.104. The van der Waals surface area contributed by atoms with Crippen LogP contribution in [0.3, 0.4) is 0 Å². The molecule has 7 nitrogen and oxygen atoms in total. The van der Waals surface area contributed by atoms with Gasteiger partial charge in [0.2, 0.25) is 11.7 Å². The molecule has 6 aromatic rings. The molecular weight excluding hydrogens is 444 g/mol. The van der Waals surface area contributed by atoms with Gasteiger partial charge in [0.15, 0.2) is 5.58 Å². The minimum Gasteiger partial charge on any atom is -0.506 e. The van der Waals surface area contributed by atoms with Crippen molar-refractivity contribution in [2.45, 2.75) is 0 Å². The molecular formula is C23H14N4O3S2. The predicted molar refractivity (Wildman–Crippen MR) is 128 cm³/mol. The third-order valence-electron chi connectivity index (χ3n) is 5.31. The maximum atomic E-state index is 13.4. The lowest BCUT2D eigenvalue weighted by Gasteiger charge is -2.06. The number of pyridine rings is 1. The summed E-state index contributed by atoms with van der Waals surface area (Å²) in [4.78, 5) is 23.2. The van der Waals surface area contributed by atoms with E-state index in [2.05, 4.69) is 9.97 Å². The molecule has 0 saturated heterocycles. The number of hydrogen-bond acceptors (Lipinski definition) is 9. The topological polar surface area (TPSA) is 128 Å². The van der Waals surface area contributed by atoms with Gasteiger partial charge in [0.05, 0.1) is 20.8 Å². The van der Waals surface area contributed by atoms with Gasteiger partial charge < -0.3 is 21.0 Å². The molecule has 0 aliphatic rings. The van der Waals surface area contributed by atoms with Crippen molar-refractivity contribution in [3.05, 3.63) is 65.2 Å². The summed E-state index contributed by atoms with van der Waals surface area (Å²) in [5.74, 6) is 0.209. The van der Waals surface area contributed by atoms with Crippen LogP contribution in [0.1, 0.15) is 15.2 Å². The largest absolute Gasteiger partial charge is 0.506 e. The molecule has 156 valence electrons. The van der Waals surface area contributed by atoms with E-state index in [9.17, 15) is 9.90 Å². The van der Waals surface area contributed by atoms with Gasteiger partial charge in [-0.25, -0.2) is 4.98 Å². The van der Waals surface area contributed by atoms with Crippen LogP contribution in [0.15, 0.2) is 59.1 Å². The van der Waals surface area contributed by atoms with Gasteiger partial charge in [-0.15, -0.1) is 22.7 Å². The second-order valence-electron chi connectivity index (χ2n) is 7.20. The number of phenolic OH excluding ortho intramolecular Hbond substituents is 1. The highest BCUT2D eigenvalue weighted by Gasteiger charge is 2.26. The summed E-state index contributed by atoms with van der Waals surface area (Å²) in [5.41, 5.74) is 15.8. The highest BCUT2D eigenvalue weighted by Crippen LogP contribution is 2.49. The number of aromatic hydroxyl groups is 1. The van der Waals surface area contributed by atoms with Gasteiger partial charge >= 0.3 is 0 Å². The summed E-state index contributed by atoms with van der Waals surface area (Å²) in [6.07, 6.45) is 1.57. The first-order valence-electron chi connectivity index (χ1n) is 9.60. The van der Waals surface area contributed by atoms with E-state index < -0.39 is 0 Å². The molecule has 0 bridgehead atoms. The third-order valence-corrected chi connectivity index (χ3v) is 7.80. The number of carbonyl (C=O) groups excluding carboxylic acids is 1. The first kappa shape index (κ1) is 18.8. The van der Waals surface area contributed by atoms with Crippen molar-refractivity contribution in [3.63, 3.8) is 0 Å². The number of aromatic nitrogens is 2. The van der Waals surface area contributed by atoms with Gasteiger partial charge in [-0.1, -0.05) is 18.2 Å². The smallest absolute Gasteiger partial charge is 0.239 e. The predicted octanol–water partition coefficient (Wildman–Crippen LogP) is 5.42. The minimum atomic E-state index is -0.239. The quantitative estimate of drug-likeness (QED) is 0.302. The lowest BCUT2D eigenvalue weighted by atomic mass is 10.0. The normalized spacial score (nSPS) is 11.6. The standard InChI is InChI=1S/C23H14N4O3S2/c24-16-15-17(25)21(22-27-12-5-1-2-6-14(12)30-22)32-23(15)31-20(16)19(29)11-7-8-13(28)18-10(11)4-3-9-26-18/h1-9,28H,24-25H2. The monoisotopic (exact) mass is 458 g/mol. The Kier molecular flexibility index (Phi) is 3.98. The SMILES string of the molecule is Nc1c(C(=O)c2ccc(O)c3ncccc23)sc2sc(-c3nc4ccccc4o3)c(N)c12. The van der Waals surface area contributed by atoms with Crippen LogP contribution in [0.5, 0.6) is 5.75 Å². The number of nitrogens with two attached hydrogens (primary N) is 2. The Morgan fingerprint density at radius 1 is 1.00 bits per heavy atom. The maximum Gasteiger partial charge on any atom is 0.239 e. The average Bonchev–Trinajstić information content (AvgIpc) is 3.47. The fraction of sp³-hybridized carbons (Fsp3) is 0. The van der Waals surface area contributed by atoms with Crippen molar-refractivity contribution in [2.24, 2.45) is 0 Å². The number of ketones is 1. The number of benzene rings is 2. The minimum absolute atomic E-state index is 0.0181. The Labute approximate surface area is 188 Å². The average molecular weight is 459 g/mol. The number of para-hydroxylation sites is 2. The molecule has 0 saturated carbocycles. The number of thiophene rings is 2. The molecule has 0 atom stereocenters. The van der Waals surface area contributed by atoms with E-state index in [1.165, 1.54) is 28.7 Å². The molecule has 9 heteroatoms. The highest BCUT2D eigenvalue weighted by molar-refractivity contribution is 7.41. The van der Waals surface area contributed by atoms with Crippen molar-refractivity contribution in [1.29, 1.82) is 0 Å². The molecule has 0 aliphatic heterocycles. The Morgan fingerprint density at radius 2 is 1.84 bits per heavy atom. The first-order valence-corrected chi connectivity index (χ1v) is 11.2. The molecule has 32 heavy (non-hydrogen) atoms. The first-order chi connectivity index (χ1) is 15.5. The molecule has 6 rings (SSSR count). The van der Waals surface area contributed by atoms with E-state index in [1.54, 1.807) is 24.4 Å². The summed E-state index contributed by atoms with van der Waals surface area (Å²) in [5, 5.41) is 11.3. The van der Waals surface area contributed by atoms with E-state index in [-0.39, 0.29) is 11.5 Å². The van der Waals surface area contributed by atoms with Crippen LogP contribution >= 0.6 is 22.7 Å². The third kappa shape index (κ3) is 2.62. The van der Waals surface area contributed by atoms with Crippen molar-refractivity contribution in [3.8, 4) is 16.5 Å². The van der Waals surface area contributed by atoms with E-state index >= 15 is 0 Å². The summed E-state index contributed by atoms with van der Waals surface area (Å²) >= 11 is 2.69. The van der Waals surface area contributed by atoms with Crippen LogP contribution in [-0.2, 0) is 0 Å². The van der Waals surface area contributed by atoms with Gasteiger partial charge in [0.1, 0.15) is 26.5 Å². The Hall–Kier alpha value is -3.95. The molecule has 0 aliphatic carbocycles. The Morgan fingerprint density at radius 3 is 2.66 bits per heavy atom. The van der Waals surface area contributed by atoms with Gasteiger partial charge in [-0.05, 0) is 30.3 Å². The summed E-state index contributed by atoms with van der Waals surface area (Å²) in [6, 6.07) is 14.0. The number of phenols is 1. The zero-order valence-electron chi connectivity index (χ0n) is 16.3. The number of nitrogens with zero attached hydrogens (tertiary/aromatic N) is 2. The summed E-state index contributed by atoms with van der Waals surface area (Å²) in [6.45, 7) is 0.